The zero-order chi connectivity index (χ0) is 32.3. The van der Waals surface area contributed by atoms with Crippen LogP contribution in [0.25, 0.3) is 22.4 Å². The van der Waals surface area contributed by atoms with E-state index in [9.17, 15) is 0 Å². The number of nitrogens with one attached hydrogen (secondary N) is 2. The molecule has 3 aromatic carbocycles. The SMILES string of the molecule is CCCCn1c(-c2cccc(Oc3ccc(C(C)(C)C)cc3)c2)nc2c(OC(C)C3CCCN3)cc(OC(C)C3CCCN3)cc21. The Morgan fingerprint density at radius 1 is 0.848 bits per heavy atom. The Balaban J connectivity index is 1.37. The average Bonchev–Trinajstić information content (AvgIpc) is 3.82. The minimum Gasteiger partial charge on any atom is -0.489 e. The third kappa shape index (κ3) is 7.37. The van der Waals surface area contributed by atoms with Crippen LogP contribution >= 0.6 is 0 Å². The number of hydrogen-bond donors (Lipinski definition) is 2. The maximum Gasteiger partial charge on any atom is 0.151 e. The number of fused-ring (bicyclic) bond motifs is 1. The van der Waals surface area contributed by atoms with Crippen molar-refractivity contribution < 1.29 is 14.2 Å². The number of hydrogen-bond acceptors (Lipinski definition) is 6. The van der Waals surface area contributed by atoms with E-state index in [-0.39, 0.29) is 17.6 Å². The largest absolute Gasteiger partial charge is 0.489 e. The third-order valence-corrected chi connectivity index (χ3v) is 9.54. The van der Waals surface area contributed by atoms with Gasteiger partial charge in [-0.1, -0.05) is 58.4 Å². The van der Waals surface area contributed by atoms with Gasteiger partial charge in [-0.2, -0.15) is 0 Å². The quantitative estimate of drug-likeness (QED) is 0.164. The van der Waals surface area contributed by atoms with E-state index in [4.69, 9.17) is 19.2 Å². The Kier molecular flexibility index (Phi) is 9.90. The van der Waals surface area contributed by atoms with Crippen LogP contribution in [0, 0.1) is 0 Å². The van der Waals surface area contributed by atoms with Crippen molar-refractivity contribution in [3.05, 3.63) is 66.2 Å². The first-order valence-corrected chi connectivity index (χ1v) is 17.4. The van der Waals surface area contributed by atoms with Crippen LogP contribution in [0.1, 0.15) is 85.6 Å². The van der Waals surface area contributed by atoms with Crippen LogP contribution in [0.3, 0.4) is 0 Å². The lowest BCUT2D eigenvalue weighted by atomic mass is 9.87. The van der Waals surface area contributed by atoms with Gasteiger partial charge in [0, 0.05) is 36.3 Å². The summed E-state index contributed by atoms with van der Waals surface area (Å²) >= 11 is 0. The van der Waals surface area contributed by atoms with Crippen LogP contribution in [0.5, 0.6) is 23.0 Å². The van der Waals surface area contributed by atoms with E-state index in [1.54, 1.807) is 0 Å². The van der Waals surface area contributed by atoms with Gasteiger partial charge in [-0.25, -0.2) is 4.98 Å². The van der Waals surface area contributed by atoms with Crippen molar-refractivity contribution in [2.24, 2.45) is 0 Å². The number of nitrogens with zero attached hydrogens (tertiary/aromatic N) is 2. The molecular weight excluding hydrogens is 572 g/mol. The van der Waals surface area contributed by atoms with Crippen molar-refractivity contribution in [3.8, 4) is 34.4 Å². The first-order valence-electron chi connectivity index (χ1n) is 17.4. The standard InChI is InChI=1S/C39H52N4O3/c1-7-8-22-43-35-24-32(44-26(2)33-14-10-20-40-33)25-36(45-27(3)34-15-11-21-41-34)37(35)42-38(43)28-12-9-13-31(23-28)46-30-18-16-29(17-19-30)39(4,5)6/h9,12-13,16-19,23-27,33-34,40-41H,7-8,10-11,14-15,20-22H2,1-6H3. The van der Waals surface area contributed by atoms with Gasteiger partial charge in [0.25, 0.3) is 0 Å². The van der Waals surface area contributed by atoms with E-state index in [0.717, 1.165) is 90.7 Å². The second-order valence-electron chi connectivity index (χ2n) is 14.2. The van der Waals surface area contributed by atoms with Crippen molar-refractivity contribution >= 4 is 11.0 Å². The lowest BCUT2D eigenvalue weighted by Crippen LogP contribution is -2.37. The molecule has 46 heavy (non-hydrogen) atoms. The summed E-state index contributed by atoms with van der Waals surface area (Å²) in [5, 5.41) is 7.21. The maximum absolute atomic E-state index is 6.75. The van der Waals surface area contributed by atoms with Gasteiger partial charge in [-0.3, -0.25) is 0 Å². The van der Waals surface area contributed by atoms with Crippen LogP contribution in [0.2, 0.25) is 0 Å². The number of imidazole rings is 1. The van der Waals surface area contributed by atoms with E-state index < -0.39 is 0 Å². The van der Waals surface area contributed by atoms with E-state index in [1.807, 2.05) is 12.1 Å². The predicted molar refractivity (Wildman–Crippen MR) is 188 cm³/mol. The van der Waals surface area contributed by atoms with Gasteiger partial charge in [0.1, 0.15) is 40.8 Å². The van der Waals surface area contributed by atoms with Gasteiger partial charge in [0.05, 0.1) is 5.52 Å². The Bertz CT molecular complexity index is 1590. The zero-order valence-corrected chi connectivity index (χ0v) is 28.6. The van der Waals surface area contributed by atoms with Gasteiger partial charge in [0.2, 0.25) is 0 Å². The molecule has 2 aliphatic rings. The molecule has 6 rings (SSSR count). The second kappa shape index (κ2) is 14.1. The normalized spacial score (nSPS) is 19.8. The van der Waals surface area contributed by atoms with Crippen LogP contribution in [0.15, 0.2) is 60.7 Å². The van der Waals surface area contributed by atoms with E-state index >= 15 is 0 Å². The summed E-state index contributed by atoms with van der Waals surface area (Å²) in [6.45, 7) is 16.2. The molecule has 1 aromatic heterocycles. The summed E-state index contributed by atoms with van der Waals surface area (Å²) in [6, 6.07) is 21.6. The van der Waals surface area contributed by atoms with E-state index in [0.29, 0.717) is 12.1 Å². The van der Waals surface area contributed by atoms with Gasteiger partial charge in [0.15, 0.2) is 5.75 Å². The highest BCUT2D eigenvalue weighted by Crippen LogP contribution is 2.38. The third-order valence-electron chi connectivity index (χ3n) is 9.54. The van der Waals surface area contributed by atoms with E-state index in [1.165, 1.54) is 18.4 Å². The first-order chi connectivity index (χ1) is 22.2. The Morgan fingerprint density at radius 2 is 1.54 bits per heavy atom. The molecule has 0 amide bonds. The van der Waals surface area contributed by atoms with Crippen molar-refractivity contribution in [1.29, 1.82) is 0 Å². The number of unbranched alkanes of at least 4 members (excludes halogenated alkanes) is 1. The fraction of sp³-hybridized carbons (Fsp3) is 0.513. The zero-order valence-electron chi connectivity index (χ0n) is 28.6. The molecule has 0 bridgehead atoms. The molecule has 2 N–H and O–H groups in total. The molecule has 0 spiro atoms. The lowest BCUT2D eigenvalue weighted by Gasteiger charge is -2.24. The summed E-state index contributed by atoms with van der Waals surface area (Å²) in [7, 11) is 0. The van der Waals surface area contributed by atoms with Crippen LogP contribution in [-0.4, -0.2) is 46.9 Å². The number of ether oxygens (including phenoxy) is 3. The van der Waals surface area contributed by atoms with Gasteiger partial charge in [-0.15, -0.1) is 0 Å². The fourth-order valence-electron chi connectivity index (χ4n) is 6.75. The molecule has 4 aromatic rings. The Labute approximate surface area is 275 Å². The van der Waals surface area contributed by atoms with Gasteiger partial charge in [-0.05, 0) is 94.3 Å². The molecule has 0 saturated carbocycles. The predicted octanol–water partition coefficient (Wildman–Crippen LogP) is 8.63. The molecule has 2 aliphatic heterocycles. The summed E-state index contributed by atoms with van der Waals surface area (Å²) in [6.07, 6.45) is 6.82. The van der Waals surface area contributed by atoms with Gasteiger partial charge >= 0.3 is 0 Å². The van der Waals surface area contributed by atoms with Crippen molar-refractivity contribution in [3.63, 3.8) is 0 Å². The van der Waals surface area contributed by atoms with Crippen molar-refractivity contribution in [1.82, 2.24) is 20.2 Å². The average molecular weight is 625 g/mol. The molecule has 4 atom stereocenters. The summed E-state index contributed by atoms with van der Waals surface area (Å²) < 4.78 is 22.1. The lowest BCUT2D eigenvalue weighted by molar-refractivity contribution is 0.171. The molecule has 2 saturated heterocycles. The highest BCUT2D eigenvalue weighted by molar-refractivity contribution is 5.87. The minimum atomic E-state index is 0.0144. The first kappa shape index (κ1) is 32.4. The highest BCUT2D eigenvalue weighted by Gasteiger charge is 2.27. The molecule has 4 unspecified atom stereocenters. The van der Waals surface area contributed by atoms with Gasteiger partial charge < -0.3 is 29.4 Å². The van der Waals surface area contributed by atoms with Crippen LogP contribution in [0.4, 0.5) is 0 Å². The smallest absolute Gasteiger partial charge is 0.151 e. The number of aryl methyl sites for hydroxylation is 1. The van der Waals surface area contributed by atoms with Crippen molar-refractivity contribution in [2.45, 2.75) is 116 Å². The molecule has 246 valence electrons. The molecule has 0 radical (unpaired) electrons. The van der Waals surface area contributed by atoms with Crippen LogP contribution < -0.4 is 24.8 Å². The molecule has 7 nitrogen and oxygen atoms in total. The Morgan fingerprint density at radius 3 is 2.17 bits per heavy atom. The number of rotatable bonds is 12. The molecular formula is C39H52N4O3. The topological polar surface area (TPSA) is 69.6 Å². The highest BCUT2D eigenvalue weighted by atomic mass is 16.5. The summed E-state index contributed by atoms with van der Waals surface area (Å²) in [5.74, 6) is 4.13. The monoisotopic (exact) mass is 624 g/mol. The number of benzene rings is 3. The molecule has 7 heteroatoms. The van der Waals surface area contributed by atoms with Crippen molar-refractivity contribution in [2.75, 3.05) is 13.1 Å². The summed E-state index contributed by atoms with van der Waals surface area (Å²) in [4.78, 5) is 5.29. The fourth-order valence-corrected chi connectivity index (χ4v) is 6.75. The van der Waals surface area contributed by atoms with E-state index in [2.05, 4.69) is 105 Å². The Hall–Kier alpha value is -3.55. The number of aromatic nitrogens is 2. The molecule has 2 fully saturated rings. The van der Waals surface area contributed by atoms with Crippen LogP contribution in [-0.2, 0) is 12.0 Å². The maximum atomic E-state index is 6.75. The minimum absolute atomic E-state index is 0.0144. The second-order valence-corrected chi connectivity index (χ2v) is 14.2. The summed E-state index contributed by atoms with van der Waals surface area (Å²) in [5.41, 5.74) is 4.31. The molecule has 3 heterocycles. The molecule has 0 aliphatic carbocycles.